The Kier molecular flexibility index (Phi) is 4.65. The van der Waals surface area contributed by atoms with Gasteiger partial charge in [-0.05, 0) is 20.8 Å². The molecule has 11 heavy (non-hydrogen) atoms. The molecule has 0 aromatic carbocycles. The van der Waals surface area contributed by atoms with E-state index >= 15 is 0 Å². The molecule has 0 saturated carbocycles. The fourth-order valence-electron chi connectivity index (χ4n) is 0.617. The third kappa shape index (κ3) is 6.28. The molecule has 0 aliphatic rings. The summed E-state index contributed by atoms with van der Waals surface area (Å²) in [5.74, 6) is 0. The Morgan fingerprint density at radius 2 is 2.09 bits per heavy atom. The van der Waals surface area contributed by atoms with Gasteiger partial charge in [0, 0.05) is 19.6 Å². The Bertz CT molecular complexity index is 102. The lowest BCUT2D eigenvalue weighted by atomic mass is 10.0. The average molecular weight is 161 g/mol. The summed E-state index contributed by atoms with van der Waals surface area (Å²) in [6.45, 7) is 6.52. The summed E-state index contributed by atoms with van der Waals surface area (Å²) in [6, 6.07) is 0. The molecule has 0 aliphatic heterocycles. The molecule has 0 saturated heterocycles. The van der Waals surface area contributed by atoms with Crippen molar-refractivity contribution in [2.24, 2.45) is 5.73 Å². The summed E-state index contributed by atoms with van der Waals surface area (Å²) in [6.07, 6.45) is 0.824. The molecule has 0 spiro atoms. The van der Waals surface area contributed by atoms with Crippen molar-refractivity contribution in [1.29, 1.82) is 0 Å². The maximum absolute atomic E-state index is 9.43. The zero-order valence-corrected chi connectivity index (χ0v) is 7.63. The van der Waals surface area contributed by atoms with Gasteiger partial charge in [-0.3, -0.25) is 0 Å². The predicted molar refractivity (Wildman–Crippen MR) is 45.4 cm³/mol. The Balaban J connectivity index is 3.38. The molecule has 0 amide bonds. The number of rotatable bonds is 5. The largest absolute Gasteiger partial charge is 0.389 e. The van der Waals surface area contributed by atoms with Crippen LogP contribution in [0.15, 0.2) is 0 Å². The highest BCUT2D eigenvalue weighted by Gasteiger charge is 2.17. The van der Waals surface area contributed by atoms with E-state index < -0.39 is 5.60 Å². The second-order valence-corrected chi connectivity index (χ2v) is 3.37. The quantitative estimate of drug-likeness (QED) is 0.617. The zero-order chi connectivity index (χ0) is 8.91. The van der Waals surface area contributed by atoms with Gasteiger partial charge >= 0.3 is 0 Å². The van der Waals surface area contributed by atoms with Crippen LogP contribution in [-0.2, 0) is 4.74 Å². The highest BCUT2D eigenvalue weighted by atomic mass is 16.5. The van der Waals surface area contributed by atoms with Crippen LogP contribution in [0.5, 0.6) is 0 Å². The second kappa shape index (κ2) is 4.70. The van der Waals surface area contributed by atoms with Crippen molar-refractivity contribution in [3.63, 3.8) is 0 Å². The van der Waals surface area contributed by atoms with E-state index in [0.717, 1.165) is 0 Å². The van der Waals surface area contributed by atoms with E-state index in [1.165, 1.54) is 0 Å². The Morgan fingerprint density at radius 1 is 1.55 bits per heavy atom. The summed E-state index contributed by atoms with van der Waals surface area (Å²) >= 11 is 0. The van der Waals surface area contributed by atoms with E-state index in [9.17, 15) is 5.11 Å². The van der Waals surface area contributed by atoms with Crippen molar-refractivity contribution < 1.29 is 9.84 Å². The molecule has 3 heteroatoms. The summed E-state index contributed by atoms with van der Waals surface area (Å²) in [5, 5.41) is 9.43. The zero-order valence-electron chi connectivity index (χ0n) is 7.63. The second-order valence-electron chi connectivity index (χ2n) is 3.37. The van der Waals surface area contributed by atoms with Gasteiger partial charge in [0.05, 0.1) is 11.7 Å². The van der Waals surface area contributed by atoms with Gasteiger partial charge in [0.15, 0.2) is 0 Å². The lowest BCUT2D eigenvalue weighted by Crippen LogP contribution is -2.35. The average Bonchev–Trinajstić information content (AvgIpc) is 1.87. The van der Waals surface area contributed by atoms with Crippen LogP contribution >= 0.6 is 0 Å². The minimum Gasteiger partial charge on any atom is -0.389 e. The maximum atomic E-state index is 9.43. The first-order chi connectivity index (χ1) is 4.98. The van der Waals surface area contributed by atoms with E-state index in [1.807, 2.05) is 13.8 Å². The van der Waals surface area contributed by atoms with E-state index in [-0.39, 0.29) is 12.6 Å². The van der Waals surface area contributed by atoms with Crippen LogP contribution in [0.1, 0.15) is 27.2 Å². The van der Waals surface area contributed by atoms with E-state index in [0.29, 0.717) is 13.0 Å². The van der Waals surface area contributed by atoms with Gasteiger partial charge in [0.25, 0.3) is 0 Å². The van der Waals surface area contributed by atoms with Crippen molar-refractivity contribution >= 4 is 0 Å². The van der Waals surface area contributed by atoms with Gasteiger partial charge in [-0.25, -0.2) is 0 Å². The summed E-state index contributed by atoms with van der Waals surface area (Å²) < 4.78 is 5.26. The molecule has 0 rings (SSSR count). The number of nitrogens with two attached hydrogens (primary N) is 1. The smallest absolute Gasteiger partial charge is 0.0763 e. The van der Waals surface area contributed by atoms with Crippen LogP contribution in [0.2, 0.25) is 0 Å². The third-order valence-electron chi connectivity index (χ3n) is 1.53. The van der Waals surface area contributed by atoms with E-state index in [1.54, 1.807) is 6.92 Å². The maximum Gasteiger partial charge on any atom is 0.0763 e. The monoisotopic (exact) mass is 161 g/mol. The molecule has 0 aromatic heterocycles. The van der Waals surface area contributed by atoms with Gasteiger partial charge in [0.2, 0.25) is 0 Å². The van der Waals surface area contributed by atoms with E-state index in [4.69, 9.17) is 10.5 Å². The summed E-state index contributed by atoms with van der Waals surface area (Å²) in [4.78, 5) is 0. The standard InChI is InChI=1S/C8H19NO2/c1-7(2)11-5-4-8(3,10)6-9/h7,10H,4-6,9H2,1-3H3. The van der Waals surface area contributed by atoms with Crippen molar-refractivity contribution in [3.05, 3.63) is 0 Å². The molecular weight excluding hydrogens is 142 g/mol. The molecule has 0 bridgehead atoms. The normalized spacial score (nSPS) is 16.9. The van der Waals surface area contributed by atoms with Gasteiger partial charge in [-0.1, -0.05) is 0 Å². The minimum atomic E-state index is -0.769. The molecular formula is C8H19NO2. The van der Waals surface area contributed by atoms with Crippen LogP contribution in [0.3, 0.4) is 0 Å². The number of hydrogen-bond acceptors (Lipinski definition) is 3. The van der Waals surface area contributed by atoms with Crippen LogP contribution in [0.25, 0.3) is 0 Å². The topological polar surface area (TPSA) is 55.5 Å². The highest BCUT2D eigenvalue weighted by molar-refractivity contribution is 4.72. The molecule has 3 N–H and O–H groups in total. The lowest BCUT2D eigenvalue weighted by molar-refractivity contribution is 0.00408. The SMILES string of the molecule is CC(C)OCCC(C)(O)CN. The van der Waals surface area contributed by atoms with E-state index in [2.05, 4.69) is 0 Å². The molecule has 3 nitrogen and oxygen atoms in total. The molecule has 0 aromatic rings. The van der Waals surface area contributed by atoms with Crippen LogP contribution < -0.4 is 5.73 Å². The van der Waals surface area contributed by atoms with Gasteiger partial charge in [0.1, 0.15) is 0 Å². The Morgan fingerprint density at radius 3 is 2.45 bits per heavy atom. The minimum absolute atomic E-state index is 0.226. The fraction of sp³-hybridized carbons (Fsp3) is 1.00. The molecule has 0 fully saturated rings. The van der Waals surface area contributed by atoms with Crippen molar-refractivity contribution in [2.75, 3.05) is 13.2 Å². The van der Waals surface area contributed by atoms with Crippen LogP contribution in [0, 0.1) is 0 Å². The summed E-state index contributed by atoms with van der Waals surface area (Å²) in [7, 11) is 0. The number of aliphatic hydroxyl groups is 1. The summed E-state index contributed by atoms with van der Waals surface area (Å²) in [5.41, 5.74) is 4.55. The lowest BCUT2D eigenvalue weighted by Gasteiger charge is -2.21. The van der Waals surface area contributed by atoms with Gasteiger partial charge in [-0.15, -0.1) is 0 Å². The first-order valence-electron chi connectivity index (χ1n) is 4.02. The van der Waals surface area contributed by atoms with Crippen LogP contribution in [-0.4, -0.2) is 30.0 Å². The third-order valence-corrected chi connectivity index (χ3v) is 1.53. The molecule has 1 atom stereocenters. The van der Waals surface area contributed by atoms with Gasteiger partial charge in [-0.2, -0.15) is 0 Å². The molecule has 0 aliphatic carbocycles. The number of hydrogen-bond donors (Lipinski definition) is 2. The molecule has 0 radical (unpaired) electrons. The van der Waals surface area contributed by atoms with Crippen molar-refractivity contribution in [3.8, 4) is 0 Å². The van der Waals surface area contributed by atoms with Crippen LogP contribution in [0.4, 0.5) is 0 Å². The predicted octanol–water partition coefficient (Wildman–Crippen LogP) is 0.511. The highest BCUT2D eigenvalue weighted by Crippen LogP contribution is 2.06. The Hall–Kier alpha value is -0.120. The fourth-order valence-corrected chi connectivity index (χ4v) is 0.617. The molecule has 0 heterocycles. The van der Waals surface area contributed by atoms with Crippen molar-refractivity contribution in [2.45, 2.75) is 38.9 Å². The first-order valence-corrected chi connectivity index (χ1v) is 4.02. The van der Waals surface area contributed by atoms with Gasteiger partial charge < -0.3 is 15.6 Å². The molecule has 1 unspecified atom stereocenters. The number of ether oxygens (including phenoxy) is 1. The Labute approximate surface area is 68.5 Å². The molecule has 68 valence electrons. The first kappa shape index (κ1) is 10.9. The van der Waals surface area contributed by atoms with Crippen molar-refractivity contribution in [1.82, 2.24) is 0 Å².